The Morgan fingerprint density at radius 3 is 2.52 bits per heavy atom. The minimum Gasteiger partial charge on any atom is -0.492 e. The van der Waals surface area contributed by atoms with Gasteiger partial charge >= 0.3 is 11.8 Å². The quantitative estimate of drug-likeness (QED) is 0.217. The van der Waals surface area contributed by atoms with E-state index in [0.29, 0.717) is 22.7 Å². The lowest BCUT2D eigenvalue weighted by Gasteiger charge is -2.15. The van der Waals surface area contributed by atoms with Crippen molar-refractivity contribution in [3.63, 3.8) is 0 Å². The molecule has 158 valence electrons. The number of halogens is 6. The van der Waals surface area contributed by atoms with Crippen LogP contribution in [0.3, 0.4) is 0 Å². The average Bonchev–Trinajstić information content (AvgIpc) is 3.26. The normalized spacial score (nSPS) is 12.9. The summed E-state index contributed by atoms with van der Waals surface area (Å²) in [6, 6.07) is 2.96. The van der Waals surface area contributed by atoms with Crippen molar-refractivity contribution in [2.24, 2.45) is 0 Å². The van der Waals surface area contributed by atoms with E-state index in [1.807, 2.05) is 0 Å². The number of rotatable bonds is 7. The fourth-order valence-electron chi connectivity index (χ4n) is 2.47. The lowest BCUT2D eigenvalue weighted by Crippen LogP contribution is -2.09. The Hall–Kier alpha value is -1.40. The zero-order valence-corrected chi connectivity index (χ0v) is 17.5. The maximum absolute atomic E-state index is 14.2. The lowest BCUT2D eigenvalue weighted by atomic mass is 10.1. The Balaban J connectivity index is 2.04. The Bertz CT molecular complexity index is 997. The fourth-order valence-corrected chi connectivity index (χ4v) is 5.25. The van der Waals surface area contributed by atoms with Crippen molar-refractivity contribution >= 4 is 45.7 Å². The molecule has 0 unspecified atom stereocenters. The molecule has 3 N–H and O–H groups in total. The molecule has 6 nitrogen and oxygen atoms in total. The van der Waals surface area contributed by atoms with Gasteiger partial charge in [-0.2, -0.15) is 27.1 Å². The molecule has 1 aromatic carbocycles. The molecule has 0 amide bonds. The second-order valence-corrected chi connectivity index (χ2v) is 8.78. The van der Waals surface area contributed by atoms with Gasteiger partial charge in [-0.1, -0.05) is 0 Å². The van der Waals surface area contributed by atoms with Gasteiger partial charge in [0.25, 0.3) is 0 Å². The molecule has 0 spiro atoms. The Labute approximate surface area is 173 Å². The number of thiophene rings is 1. The van der Waals surface area contributed by atoms with E-state index in [-0.39, 0.29) is 33.3 Å². The minimum atomic E-state index is -4.33. The summed E-state index contributed by atoms with van der Waals surface area (Å²) in [5, 5.41) is 6.58. The van der Waals surface area contributed by atoms with E-state index in [9.17, 15) is 22.0 Å². The summed E-state index contributed by atoms with van der Waals surface area (Å²) in [6.07, 6.45) is -4.46. The summed E-state index contributed by atoms with van der Waals surface area (Å²) in [7, 11) is -3.60. The molecule has 0 aliphatic rings. The van der Waals surface area contributed by atoms with Crippen LogP contribution in [0.25, 0.3) is 21.5 Å². The Morgan fingerprint density at radius 2 is 1.93 bits per heavy atom. The molecule has 3 aromatic rings. The number of nitrogens with one attached hydrogen (secondary N) is 1. The van der Waals surface area contributed by atoms with Gasteiger partial charge in [0.1, 0.15) is 12.1 Å². The van der Waals surface area contributed by atoms with Crippen LogP contribution >= 0.6 is 35.6 Å². The zero-order chi connectivity index (χ0) is 21.4. The second-order valence-electron chi connectivity index (χ2n) is 5.83. The molecular formula is C15H12BrF5N3O3PS. The number of hydrogen-bond acceptors (Lipinski definition) is 6. The standard InChI is InChI=1S/C15H12BrF5N3O3PS/c16-10-8-4-7(13-22-6-23-24-13)5-9(27-3-1-2-14(17,18)19)11(8)29-12(10)15(20,21)28(25)26/h4-6,25-26H,1-3H2,(H,22,23,24). The maximum Gasteiger partial charge on any atom is 0.389 e. The molecule has 0 atom stereocenters. The highest BCUT2D eigenvalue weighted by molar-refractivity contribution is 9.10. The molecule has 0 saturated heterocycles. The highest BCUT2D eigenvalue weighted by Crippen LogP contribution is 2.58. The number of aromatic amines is 1. The number of ether oxygens (including phenoxy) is 1. The van der Waals surface area contributed by atoms with E-state index >= 15 is 0 Å². The molecule has 14 heteroatoms. The molecule has 29 heavy (non-hydrogen) atoms. The maximum atomic E-state index is 14.2. The van der Waals surface area contributed by atoms with Crippen molar-refractivity contribution in [3.8, 4) is 17.1 Å². The first kappa shape index (κ1) is 22.3. The van der Waals surface area contributed by atoms with Gasteiger partial charge in [-0.3, -0.25) is 5.10 Å². The van der Waals surface area contributed by atoms with Crippen LogP contribution in [-0.4, -0.2) is 37.8 Å². The highest BCUT2D eigenvalue weighted by atomic mass is 79.9. The molecule has 0 radical (unpaired) electrons. The zero-order valence-electron chi connectivity index (χ0n) is 14.2. The molecule has 0 aliphatic carbocycles. The van der Waals surface area contributed by atoms with Crippen molar-refractivity contribution < 1.29 is 36.5 Å². The van der Waals surface area contributed by atoms with Crippen molar-refractivity contribution in [1.29, 1.82) is 0 Å². The molecular weight excluding hydrogens is 508 g/mol. The van der Waals surface area contributed by atoms with Gasteiger partial charge in [-0.15, -0.1) is 11.3 Å². The number of alkyl halides is 5. The molecule has 0 aliphatic heterocycles. The van der Waals surface area contributed by atoms with Crippen LogP contribution < -0.4 is 4.74 Å². The first-order valence-corrected chi connectivity index (χ1v) is 10.7. The third-order valence-corrected chi connectivity index (χ3v) is 7.02. The molecule has 0 saturated carbocycles. The Kier molecular flexibility index (Phi) is 6.44. The van der Waals surface area contributed by atoms with Gasteiger partial charge in [-0.05, 0) is 34.5 Å². The number of benzene rings is 1. The molecule has 0 bridgehead atoms. The van der Waals surface area contributed by atoms with E-state index in [1.165, 1.54) is 18.5 Å². The van der Waals surface area contributed by atoms with Crippen LogP contribution in [-0.2, 0) is 5.66 Å². The number of H-pyrrole nitrogens is 1. The first-order valence-electron chi connectivity index (χ1n) is 7.88. The predicted octanol–water partition coefficient (Wildman–Crippen LogP) is 5.52. The van der Waals surface area contributed by atoms with E-state index < -0.39 is 31.5 Å². The van der Waals surface area contributed by atoms with Gasteiger partial charge in [0.2, 0.25) is 8.38 Å². The van der Waals surface area contributed by atoms with Gasteiger partial charge in [0.05, 0.1) is 16.2 Å². The van der Waals surface area contributed by atoms with Crippen molar-refractivity contribution in [2.75, 3.05) is 6.61 Å². The van der Waals surface area contributed by atoms with E-state index in [0.717, 1.165) is 0 Å². The molecule has 3 rings (SSSR count). The summed E-state index contributed by atoms with van der Waals surface area (Å²) in [4.78, 5) is 21.5. The number of hydrogen-bond donors (Lipinski definition) is 3. The van der Waals surface area contributed by atoms with Gasteiger partial charge in [-0.25, -0.2) is 4.98 Å². The topological polar surface area (TPSA) is 91.3 Å². The van der Waals surface area contributed by atoms with E-state index in [4.69, 9.17) is 14.5 Å². The van der Waals surface area contributed by atoms with Crippen molar-refractivity contribution in [3.05, 3.63) is 27.8 Å². The van der Waals surface area contributed by atoms with Crippen LogP contribution in [0.1, 0.15) is 17.7 Å². The number of aromatic nitrogens is 3. The number of fused-ring (bicyclic) bond motifs is 1. The van der Waals surface area contributed by atoms with Crippen LogP contribution in [0.5, 0.6) is 5.75 Å². The largest absolute Gasteiger partial charge is 0.492 e. The molecule has 0 fully saturated rings. The van der Waals surface area contributed by atoms with Crippen LogP contribution in [0.4, 0.5) is 22.0 Å². The first-order chi connectivity index (χ1) is 13.5. The van der Waals surface area contributed by atoms with Crippen LogP contribution in [0.15, 0.2) is 22.9 Å². The van der Waals surface area contributed by atoms with E-state index in [2.05, 4.69) is 31.1 Å². The monoisotopic (exact) mass is 519 g/mol. The summed E-state index contributed by atoms with van der Waals surface area (Å²) in [5.41, 5.74) is -3.50. The Morgan fingerprint density at radius 1 is 1.21 bits per heavy atom. The van der Waals surface area contributed by atoms with Crippen molar-refractivity contribution in [2.45, 2.75) is 24.7 Å². The summed E-state index contributed by atoms with van der Waals surface area (Å²) < 4.78 is 71.1. The second kappa shape index (κ2) is 8.38. The predicted molar refractivity (Wildman–Crippen MR) is 101 cm³/mol. The third-order valence-electron chi connectivity index (χ3n) is 3.77. The van der Waals surface area contributed by atoms with Gasteiger partial charge < -0.3 is 14.5 Å². The number of nitrogens with zero attached hydrogens (tertiary/aromatic N) is 2. The molecule has 2 aromatic heterocycles. The summed E-state index contributed by atoms with van der Waals surface area (Å²) in [5.74, 6) is 0.369. The van der Waals surface area contributed by atoms with Crippen LogP contribution in [0.2, 0.25) is 0 Å². The summed E-state index contributed by atoms with van der Waals surface area (Å²) >= 11 is 3.62. The molecule has 2 heterocycles. The van der Waals surface area contributed by atoms with Crippen LogP contribution in [0, 0.1) is 0 Å². The summed E-state index contributed by atoms with van der Waals surface area (Å²) in [6.45, 7) is -0.289. The highest BCUT2D eigenvalue weighted by Gasteiger charge is 2.45. The minimum absolute atomic E-state index is 0.0698. The third kappa shape index (κ3) is 4.85. The van der Waals surface area contributed by atoms with Gasteiger partial charge in [0, 0.05) is 21.8 Å². The lowest BCUT2D eigenvalue weighted by molar-refractivity contribution is -0.136. The van der Waals surface area contributed by atoms with E-state index in [1.54, 1.807) is 0 Å². The SMILES string of the molecule is OP(O)C(F)(F)c1sc2c(OCCCC(F)(F)F)cc(-c3ncn[nH]3)cc2c1Br. The fraction of sp³-hybridized carbons (Fsp3) is 0.333. The smallest absolute Gasteiger partial charge is 0.389 e. The van der Waals surface area contributed by atoms with Crippen molar-refractivity contribution in [1.82, 2.24) is 15.2 Å². The van der Waals surface area contributed by atoms with Gasteiger partial charge in [0.15, 0.2) is 5.82 Å². The average molecular weight is 520 g/mol.